The maximum absolute atomic E-state index is 12.9. The molecule has 3 aromatic rings. The highest BCUT2D eigenvalue weighted by Crippen LogP contribution is 2.37. The molecule has 1 aliphatic rings. The summed E-state index contributed by atoms with van der Waals surface area (Å²) < 4.78 is 11.0. The van der Waals surface area contributed by atoms with Gasteiger partial charge in [0, 0.05) is 10.7 Å². The fourth-order valence-electron chi connectivity index (χ4n) is 3.37. The number of nitrogens with zero attached hydrogens (tertiary/aromatic N) is 1. The lowest BCUT2D eigenvalue weighted by Crippen LogP contribution is -2.30. The number of halogens is 2. The molecule has 10 heteroatoms. The molecule has 0 radical (unpaired) electrons. The summed E-state index contributed by atoms with van der Waals surface area (Å²) in [5, 5.41) is 5.81. The van der Waals surface area contributed by atoms with E-state index in [1.54, 1.807) is 48.5 Å². The Morgan fingerprint density at radius 3 is 2.54 bits per heavy atom. The third-order valence-electron chi connectivity index (χ3n) is 4.91. The number of hydrogen-bond donors (Lipinski definition) is 2. The van der Waals surface area contributed by atoms with Crippen molar-refractivity contribution in [1.82, 2.24) is 5.32 Å². The second-order valence-electron chi connectivity index (χ2n) is 7.35. The molecule has 3 aromatic carbocycles. The summed E-state index contributed by atoms with van der Waals surface area (Å²) in [6.07, 6.45) is 1.46. The summed E-state index contributed by atoms with van der Waals surface area (Å²) in [6.45, 7) is -0.297. The minimum absolute atomic E-state index is 0.0454. The monoisotopic (exact) mass is 511 g/mol. The van der Waals surface area contributed by atoms with E-state index in [0.717, 1.165) is 4.90 Å². The van der Waals surface area contributed by atoms with Gasteiger partial charge in [-0.25, -0.2) is 9.69 Å². The van der Waals surface area contributed by atoms with E-state index in [1.165, 1.54) is 25.3 Å². The van der Waals surface area contributed by atoms with Crippen molar-refractivity contribution in [2.75, 3.05) is 23.9 Å². The van der Waals surface area contributed by atoms with E-state index in [-0.39, 0.29) is 34.7 Å². The van der Waals surface area contributed by atoms with Gasteiger partial charge in [-0.3, -0.25) is 9.59 Å². The molecule has 1 saturated heterocycles. The highest BCUT2D eigenvalue weighted by molar-refractivity contribution is 6.33. The Morgan fingerprint density at radius 2 is 1.83 bits per heavy atom. The number of ether oxygens (including phenoxy) is 2. The van der Waals surface area contributed by atoms with Gasteiger partial charge in [-0.2, -0.15) is 0 Å². The standard InChI is InChI=1S/C25H19Cl2N3O5/c1-34-21-12-15(10-19(27)23(21)35-14-22(31)28-17-7-3-2-4-8-17)11-20-24(32)30(25(33)29-20)18-9-5-6-16(26)13-18/h2-13H,14H2,1H3,(H,28,31)(H,29,33)/b20-11+. The number of imide groups is 1. The molecule has 1 aliphatic heterocycles. The molecule has 0 saturated carbocycles. The fourth-order valence-corrected chi connectivity index (χ4v) is 3.83. The first kappa shape index (κ1) is 24.1. The van der Waals surface area contributed by atoms with Crippen LogP contribution in [0.2, 0.25) is 10.0 Å². The van der Waals surface area contributed by atoms with Crippen molar-refractivity contribution < 1.29 is 23.9 Å². The second kappa shape index (κ2) is 10.5. The predicted molar refractivity (Wildman–Crippen MR) is 134 cm³/mol. The van der Waals surface area contributed by atoms with Gasteiger partial charge in [0.25, 0.3) is 11.8 Å². The van der Waals surface area contributed by atoms with Gasteiger partial charge >= 0.3 is 6.03 Å². The molecular weight excluding hydrogens is 493 g/mol. The van der Waals surface area contributed by atoms with Crippen LogP contribution in [0, 0.1) is 0 Å². The van der Waals surface area contributed by atoms with E-state index in [0.29, 0.717) is 22.0 Å². The fraction of sp³-hybridized carbons (Fsp3) is 0.0800. The SMILES string of the molecule is COc1cc(/C=C2/NC(=O)N(c3cccc(Cl)c3)C2=O)cc(Cl)c1OCC(=O)Nc1ccccc1. The quantitative estimate of drug-likeness (QED) is 0.339. The number of amides is 4. The van der Waals surface area contributed by atoms with Crippen molar-refractivity contribution in [2.24, 2.45) is 0 Å². The van der Waals surface area contributed by atoms with Crippen molar-refractivity contribution in [2.45, 2.75) is 0 Å². The van der Waals surface area contributed by atoms with Crippen molar-refractivity contribution >= 4 is 58.5 Å². The first-order chi connectivity index (χ1) is 16.9. The number of benzene rings is 3. The topological polar surface area (TPSA) is 97.0 Å². The molecular formula is C25H19Cl2N3O5. The number of para-hydroxylation sites is 1. The maximum Gasteiger partial charge on any atom is 0.333 e. The minimum Gasteiger partial charge on any atom is -0.493 e. The van der Waals surface area contributed by atoms with Gasteiger partial charge in [0.15, 0.2) is 18.1 Å². The van der Waals surface area contributed by atoms with Crippen LogP contribution >= 0.6 is 23.2 Å². The van der Waals surface area contributed by atoms with Crippen LogP contribution in [0.1, 0.15) is 5.56 Å². The Morgan fingerprint density at radius 1 is 1.06 bits per heavy atom. The Bertz CT molecular complexity index is 1330. The molecule has 178 valence electrons. The lowest BCUT2D eigenvalue weighted by Gasteiger charge is -2.13. The number of carbonyl (C=O) groups excluding carboxylic acids is 3. The summed E-state index contributed by atoms with van der Waals surface area (Å²) >= 11 is 12.4. The molecule has 0 aliphatic carbocycles. The molecule has 0 bridgehead atoms. The van der Waals surface area contributed by atoms with Gasteiger partial charge < -0.3 is 20.1 Å². The van der Waals surface area contributed by atoms with E-state index in [1.807, 2.05) is 6.07 Å². The van der Waals surface area contributed by atoms with Crippen molar-refractivity contribution in [3.05, 3.63) is 88.0 Å². The van der Waals surface area contributed by atoms with Gasteiger partial charge in [0.2, 0.25) is 0 Å². The highest BCUT2D eigenvalue weighted by atomic mass is 35.5. The number of nitrogens with one attached hydrogen (secondary N) is 2. The highest BCUT2D eigenvalue weighted by Gasteiger charge is 2.35. The van der Waals surface area contributed by atoms with Crippen molar-refractivity contribution in [3.8, 4) is 11.5 Å². The van der Waals surface area contributed by atoms with Crippen LogP contribution in [-0.4, -0.2) is 31.6 Å². The first-order valence-electron chi connectivity index (χ1n) is 10.3. The lowest BCUT2D eigenvalue weighted by atomic mass is 10.1. The molecule has 1 fully saturated rings. The number of rotatable bonds is 7. The molecule has 4 amide bonds. The Kier molecular flexibility index (Phi) is 7.24. The van der Waals surface area contributed by atoms with E-state index in [9.17, 15) is 14.4 Å². The number of anilines is 2. The zero-order valence-corrected chi connectivity index (χ0v) is 19.9. The number of urea groups is 1. The normalized spacial score (nSPS) is 14.1. The third kappa shape index (κ3) is 5.56. The van der Waals surface area contributed by atoms with Gasteiger partial charge in [-0.1, -0.05) is 47.5 Å². The third-order valence-corrected chi connectivity index (χ3v) is 5.43. The van der Waals surface area contributed by atoms with E-state index in [2.05, 4.69) is 10.6 Å². The van der Waals surface area contributed by atoms with Crippen LogP contribution in [0.3, 0.4) is 0 Å². The average molecular weight is 512 g/mol. The second-order valence-corrected chi connectivity index (χ2v) is 8.19. The predicted octanol–water partition coefficient (Wildman–Crippen LogP) is 5.12. The van der Waals surface area contributed by atoms with Crippen LogP contribution < -0.4 is 25.0 Å². The summed E-state index contributed by atoms with van der Waals surface area (Å²) in [5.41, 5.74) is 1.50. The molecule has 0 atom stereocenters. The minimum atomic E-state index is -0.606. The van der Waals surface area contributed by atoms with E-state index in [4.69, 9.17) is 32.7 Å². The molecule has 1 heterocycles. The summed E-state index contributed by atoms with van der Waals surface area (Å²) in [7, 11) is 1.42. The number of carbonyl (C=O) groups is 3. The Hall–Kier alpha value is -4.01. The van der Waals surface area contributed by atoms with Gasteiger partial charge in [-0.05, 0) is 54.1 Å². The zero-order valence-electron chi connectivity index (χ0n) is 18.4. The zero-order chi connectivity index (χ0) is 24.9. The van der Waals surface area contributed by atoms with Gasteiger partial charge in [-0.15, -0.1) is 0 Å². The smallest absolute Gasteiger partial charge is 0.333 e. The van der Waals surface area contributed by atoms with Gasteiger partial charge in [0.1, 0.15) is 5.70 Å². The average Bonchev–Trinajstić information content (AvgIpc) is 3.11. The summed E-state index contributed by atoms with van der Waals surface area (Å²) in [6, 6.07) is 17.9. The van der Waals surface area contributed by atoms with E-state index >= 15 is 0 Å². The molecule has 4 rings (SSSR count). The largest absolute Gasteiger partial charge is 0.493 e. The lowest BCUT2D eigenvalue weighted by molar-refractivity contribution is -0.118. The molecule has 0 spiro atoms. The summed E-state index contributed by atoms with van der Waals surface area (Å²) in [5.74, 6) is -0.506. The Labute approximate surface area is 211 Å². The van der Waals surface area contributed by atoms with Crippen LogP contribution in [0.15, 0.2) is 72.4 Å². The van der Waals surface area contributed by atoms with Crippen molar-refractivity contribution in [3.63, 3.8) is 0 Å². The van der Waals surface area contributed by atoms with Crippen LogP contribution in [0.25, 0.3) is 6.08 Å². The van der Waals surface area contributed by atoms with Crippen LogP contribution in [-0.2, 0) is 9.59 Å². The number of hydrogen-bond acceptors (Lipinski definition) is 5. The van der Waals surface area contributed by atoms with Crippen molar-refractivity contribution in [1.29, 1.82) is 0 Å². The number of methoxy groups -OCH3 is 1. The Balaban J connectivity index is 1.51. The summed E-state index contributed by atoms with van der Waals surface area (Å²) in [4.78, 5) is 38.5. The molecule has 0 aromatic heterocycles. The molecule has 2 N–H and O–H groups in total. The van der Waals surface area contributed by atoms with Crippen LogP contribution in [0.4, 0.5) is 16.2 Å². The molecule has 0 unspecified atom stereocenters. The van der Waals surface area contributed by atoms with Gasteiger partial charge in [0.05, 0.1) is 17.8 Å². The van der Waals surface area contributed by atoms with Crippen LogP contribution in [0.5, 0.6) is 11.5 Å². The maximum atomic E-state index is 12.9. The molecule has 35 heavy (non-hydrogen) atoms. The first-order valence-corrected chi connectivity index (χ1v) is 11.1. The molecule has 8 nitrogen and oxygen atoms in total. The van der Waals surface area contributed by atoms with E-state index < -0.39 is 11.9 Å².